The highest BCUT2D eigenvalue weighted by molar-refractivity contribution is 8.44. The molecule has 0 saturated heterocycles. The van der Waals surface area contributed by atoms with E-state index in [9.17, 15) is 9.46 Å². The van der Waals surface area contributed by atoms with Crippen molar-refractivity contribution < 1.29 is 51.2 Å². The molecule has 1 aromatic rings. The molecule has 46 heavy (non-hydrogen) atoms. The van der Waals surface area contributed by atoms with Crippen molar-refractivity contribution in [3.05, 3.63) is 11.4 Å². The Labute approximate surface area is 283 Å². The third-order valence-electron chi connectivity index (χ3n) is 7.97. The number of thiol groups is 1. The molecule has 5 unspecified atom stereocenters. The Morgan fingerprint density at radius 1 is 0.826 bits per heavy atom. The van der Waals surface area contributed by atoms with Gasteiger partial charge in [0.2, 0.25) is 0 Å². The Hall–Kier alpha value is -0.0300. The quantitative estimate of drug-likeness (QED) is 0.0718. The highest BCUT2D eigenvalue weighted by Gasteiger charge is 2.49. The Morgan fingerprint density at radius 2 is 1.33 bits per heavy atom. The Kier molecular flexibility index (Phi) is 19.9. The summed E-state index contributed by atoms with van der Waals surface area (Å²) in [4.78, 5) is 9.43. The molecule has 14 nitrogen and oxygen atoms in total. The first-order valence-electron chi connectivity index (χ1n) is 16.2. The van der Waals surface area contributed by atoms with Crippen LogP contribution >= 0.6 is 25.8 Å². The summed E-state index contributed by atoms with van der Waals surface area (Å²) in [5.74, 6) is 1.97. The van der Waals surface area contributed by atoms with Gasteiger partial charge < -0.3 is 42.1 Å². The molecule has 268 valence electrons. The topological polar surface area (TPSA) is 151 Å². The van der Waals surface area contributed by atoms with Crippen molar-refractivity contribution in [2.24, 2.45) is 17.8 Å². The second-order valence-electron chi connectivity index (χ2n) is 11.1. The molecular weight excluding hydrogens is 680 g/mol. The molecule has 2 aliphatic carbocycles. The zero-order valence-corrected chi connectivity index (χ0v) is 30.7. The number of nitrogens with zero attached hydrogens (tertiary/aromatic N) is 3. The summed E-state index contributed by atoms with van der Waals surface area (Å²) in [5, 5.41) is 8.85. The van der Waals surface area contributed by atoms with Crippen molar-refractivity contribution in [2.75, 3.05) is 93.0 Å². The van der Waals surface area contributed by atoms with E-state index in [1.807, 2.05) is 0 Å². The molecule has 0 radical (unpaired) electrons. The minimum absolute atomic E-state index is 0.130. The molecule has 1 fully saturated rings. The molecule has 0 bridgehead atoms. The van der Waals surface area contributed by atoms with Crippen molar-refractivity contribution >= 4 is 37.6 Å². The summed E-state index contributed by atoms with van der Waals surface area (Å²) in [6.45, 7) is 1.19. The highest BCUT2D eigenvalue weighted by atomic mass is 32.7. The lowest BCUT2D eigenvalue weighted by Gasteiger charge is -2.13. The van der Waals surface area contributed by atoms with E-state index in [0.717, 1.165) is 51.5 Å². The fourth-order valence-electron chi connectivity index (χ4n) is 5.54. The van der Waals surface area contributed by atoms with Gasteiger partial charge in [0.1, 0.15) is 0 Å². The molecule has 1 aromatic heterocycles. The first-order chi connectivity index (χ1) is 22.3. The van der Waals surface area contributed by atoms with E-state index in [4.69, 9.17) is 49.1 Å². The molecule has 1 N–H and O–H groups in total. The van der Waals surface area contributed by atoms with E-state index in [1.165, 1.54) is 18.5 Å². The third-order valence-corrected chi connectivity index (χ3v) is 11.4. The van der Waals surface area contributed by atoms with Crippen LogP contribution in [0.25, 0.3) is 0 Å². The van der Waals surface area contributed by atoms with Crippen LogP contribution in [0.15, 0.2) is 0 Å². The summed E-state index contributed by atoms with van der Waals surface area (Å²) >= 11 is 8.83. The second kappa shape index (κ2) is 22.6. The number of hydrogen-bond donors (Lipinski definition) is 2. The van der Waals surface area contributed by atoms with Crippen LogP contribution < -0.4 is 0 Å². The summed E-state index contributed by atoms with van der Waals surface area (Å²) in [6.07, 6.45) is 7.44. The number of fused-ring (bicyclic) bond motifs is 2. The van der Waals surface area contributed by atoms with Crippen LogP contribution in [0.1, 0.15) is 50.4 Å². The van der Waals surface area contributed by atoms with Gasteiger partial charge in [0.05, 0.1) is 97.3 Å². The highest BCUT2D eigenvalue weighted by Crippen LogP contribution is 2.57. The molecule has 18 heteroatoms. The average Bonchev–Trinajstić information content (AvgIpc) is 3.52. The van der Waals surface area contributed by atoms with Crippen LogP contribution in [-0.2, 0) is 77.5 Å². The molecule has 0 amide bonds. The van der Waals surface area contributed by atoms with Crippen molar-refractivity contribution in [1.29, 1.82) is 0 Å². The van der Waals surface area contributed by atoms with Crippen molar-refractivity contribution in [3.63, 3.8) is 0 Å². The Bertz CT molecular complexity index is 1070. The summed E-state index contributed by atoms with van der Waals surface area (Å²) < 4.78 is 62.3. The van der Waals surface area contributed by atoms with E-state index < -0.39 is 13.5 Å². The van der Waals surface area contributed by atoms with Crippen molar-refractivity contribution in [2.45, 2.75) is 58.4 Å². The fraction of sp³-hybridized carbons (Fsp3) is 0.929. The maximum atomic E-state index is 12.6. The van der Waals surface area contributed by atoms with Gasteiger partial charge in [-0.15, -0.1) is 5.10 Å². The van der Waals surface area contributed by atoms with E-state index in [-0.39, 0.29) is 26.4 Å². The molecule has 3 rings (SSSR count). The van der Waals surface area contributed by atoms with Gasteiger partial charge in [-0.05, 0) is 68.1 Å². The predicted molar refractivity (Wildman–Crippen MR) is 179 cm³/mol. The molecule has 0 spiro atoms. The van der Waals surface area contributed by atoms with E-state index >= 15 is 0 Å². The van der Waals surface area contributed by atoms with E-state index in [2.05, 4.69) is 38.7 Å². The lowest BCUT2D eigenvalue weighted by Crippen LogP contribution is -2.14. The van der Waals surface area contributed by atoms with E-state index in [0.29, 0.717) is 77.2 Å². The number of rotatable bonds is 28. The van der Waals surface area contributed by atoms with Gasteiger partial charge in [0, 0.05) is 13.7 Å². The van der Waals surface area contributed by atoms with Gasteiger partial charge in [0.15, 0.2) is 0 Å². The zero-order chi connectivity index (χ0) is 33.1. The van der Waals surface area contributed by atoms with Gasteiger partial charge in [-0.3, -0.25) is 4.52 Å². The molecule has 1 heterocycles. The van der Waals surface area contributed by atoms with E-state index in [1.54, 1.807) is 0 Å². The summed E-state index contributed by atoms with van der Waals surface area (Å²) in [6, 6.07) is 0. The number of aromatic nitrogens is 3. The first-order valence-corrected chi connectivity index (χ1v) is 21.5. The van der Waals surface area contributed by atoms with Gasteiger partial charge in [-0.1, -0.05) is 30.8 Å². The molecule has 0 aromatic carbocycles. The van der Waals surface area contributed by atoms with Crippen LogP contribution in [0.5, 0.6) is 0 Å². The number of unbranched alkanes of at least 4 members (excludes halogenated alkanes) is 1. The van der Waals surface area contributed by atoms with Crippen molar-refractivity contribution in [3.8, 4) is 0 Å². The fourth-order valence-corrected chi connectivity index (χ4v) is 7.38. The SMILES string of the molecule is CCCCn1nnc2c1CCC1C(CCOP(=O)(S)OCCOCCOCCOCCOCCOCCOP(O)(=S)OC)C1CC2. The Balaban J connectivity index is 1.07. The van der Waals surface area contributed by atoms with Crippen LogP contribution in [0, 0.1) is 17.8 Å². The molecule has 2 aliphatic rings. The molecular formula is C28H53N3O11P2S2. The van der Waals surface area contributed by atoms with Crippen LogP contribution in [0.4, 0.5) is 0 Å². The zero-order valence-electron chi connectivity index (χ0n) is 27.2. The summed E-state index contributed by atoms with van der Waals surface area (Å²) in [7, 11) is 1.30. The number of hydrogen-bond acceptors (Lipinski definition) is 13. The van der Waals surface area contributed by atoms with Gasteiger partial charge in [-0.2, -0.15) is 0 Å². The molecule has 5 atom stereocenters. The number of aryl methyl sites for hydroxylation is 2. The third kappa shape index (κ3) is 16.1. The minimum Gasteiger partial charge on any atom is -0.377 e. The van der Waals surface area contributed by atoms with Crippen LogP contribution in [0.3, 0.4) is 0 Å². The van der Waals surface area contributed by atoms with Crippen LogP contribution in [0.2, 0.25) is 0 Å². The van der Waals surface area contributed by atoms with Gasteiger partial charge in [-0.25, -0.2) is 9.25 Å². The maximum Gasteiger partial charge on any atom is 0.386 e. The summed E-state index contributed by atoms with van der Waals surface area (Å²) in [5.41, 5.74) is 2.49. The van der Waals surface area contributed by atoms with Gasteiger partial charge in [0.25, 0.3) is 0 Å². The van der Waals surface area contributed by atoms with Gasteiger partial charge >= 0.3 is 13.5 Å². The monoisotopic (exact) mass is 733 g/mol. The smallest absolute Gasteiger partial charge is 0.377 e. The lowest BCUT2D eigenvalue weighted by atomic mass is 10.0. The average molecular weight is 734 g/mol. The molecule has 1 saturated carbocycles. The lowest BCUT2D eigenvalue weighted by molar-refractivity contribution is -0.0145. The van der Waals surface area contributed by atoms with Crippen LogP contribution in [-0.4, -0.2) is 113 Å². The predicted octanol–water partition coefficient (Wildman–Crippen LogP) is 4.24. The molecule has 0 aliphatic heterocycles. The number of ether oxygens (including phenoxy) is 5. The Morgan fingerprint density at radius 3 is 1.87 bits per heavy atom. The second-order valence-corrected chi connectivity index (χ2v) is 17.0. The van der Waals surface area contributed by atoms with Crippen molar-refractivity contribution in [1.82, 2.24) is 15.0 Å². The maximum absolute atomic E-state index is 12.6. The first kappa shape index (κ1) is 40.4. The largest absolute Gasteiger partial charge is 0.386 e. The minimum atomic E-state index is -3.42. The standard InChI is InChI=1S/C28H53N3O11P2S2/c1-3-4-10-31-28-8-6-25-24(5-7-27(28)29-30-31)26(25)9-11-40-44(33,46)42-23-21-39-19-17-37-15-13-35-12-14-36-16-18-38-20-22-41-43(32,45)34-2/h24-26H,3-23H2,1-2H3,(H,32,45)(H,33,46). The normalized spacial score (nSPS) is 22.0.